The number of primary amides is 1. The molecule has 0 radical (unpaired) electrons. The smallest absolute Gasteiger partial charge is 0.255 e. The van der Waals surface area contributed by atoms with Crippen LogP contribution >= 0.6 is 12.4 Å². The van der Waals surface area contributed by atoms with Crippen LogP contribution in [-0.2, 0) is 4.79 Å². The van der Waals surface area contributed by atoms with E-state index in [4.69, 9.17) is 15.2 Å². The van der Waals surface area contributed by atoms with E-state index in [1.807, 2.05) is 17.0 Å². The number of halogens is 1. The number of carbonyl (C=O) groups excluding carboxylic acids is 2. The third-order valence-corrected chi connectivity index (χ3v) is 4.35. The summed E-state index contributed by atoms with van der Waals surface area (Å²) in [6.07, 6.45) is 3.49. The van der Waals surface area contributed by atoms with E-state index in [2.05, 4.69) is 10.3 Å². The van der Waals surface area contributed by atoms with Crippen molar-refractivity contribution < 1.29 is 19.1 Å². The van der Waals surface area contributed by atoms with Gasteiger partial charge in [-0.25, -0.2) is 0 Å². The van der Waals surface area contributed by atoms with Gasteiger partial charge < -0.3 is 25.4 Å². The van der Waals surface area contributed by atoms with E-state index >= 15 is 0 Å². The molecule has 8 nitrogen and oxygen atoms in total. The number of methoxy groups -OCH3 is 1. The van der Waals surface area contributed by atoms with Gasteiger partial charge in [-0.15, -0.1) is 12.4 Å². The Morgan fingerprint density at radius 1 is 1.32 bits per heavy atom. The second-order valence-corrected chi connectivity index (χ2v) is 6.13. The fourth-order valence-electron chi connectivity index (χ4n) is 3.05. The SMILES string of the molecule is COc1cc(C(=O)N2CCNCC2c2cccnc2)ccc1OCC(N)=O.Cl. The molecule has 0 saturated carbocycles. The maximum absolute atomic E-state index is 13.1. The summed E-state index contributed by atoms with van der Waals surface area (Å²) in [6, 6.07) is 8.60. The number of nitrogens with one attached hydrogen (secondary N) is 1. The number of ether oxygens (including phenoxy) is 2. The van der Waals surface area contributed by atoms with Crippen LogP contribution in [0.15, 0.2) is 42.7 Å². The molecule has 1 aromatic carbocycles. The summed E-state index contributed by atoms with van der Waals surface area (Å²) in [4.78, 5) is 30.0. The first-order chi connectivity index (χ1) is 13.1. The summed E-state index contributed by atoms with van der Waals surface area (Å²) < 4.78 is 10.6. The minimum Gasteiger partial charge on any atom is -0.493 e. The van der Waals surface area contributed by atoms with Crippen LogP contribution in [0.2, 0.25) is 0 Å². The number of amides is 2. The van der Waals surface area contributed by atoms with E-state index in [0.717, 1.165) is 12.1 Å². The Morgan fingerprint density at radius 3 is 2.82 bits per heavy atom. The third kappa shape index (κ3) is 4.90. The number of nitrogens with two attached hydrogens (primary N) is 1. The molecule has 9 heteroatoms. The van der Waals surface area contributed by atoms with Crippen LogP contribution in [0.5, 0.6) is 11.5 Å². The maximum atomic E-state index is 13.1. The van der Waals surface area contributed by atoms with Gasteiger partial charge in [0.1, 0.15) is 0 Å². The lowest BCUT2D eigenvalue weighted by atomic mass is 10.0. The summed E-state index contributed by atoms with van der Waals surface area (Å²) in [6.45, 7) is 1.71. The van der Waals surface area contributed by atoms with Crippen molar-refractivity contribution in [1.29, 1.82) is 0 Å². The first kappa shape index (κ1) is 21.5. The van der Waals surface area contributed by atoms with Crippen LogP contribution in [0, 0.1) is 0 Å². The number of hydrogen-bond acceptors (Lipinski definition) is 6. The van der Waals surface area contributed by atoms with Crippen LogP contribution in [0.4, 0.5) is 0 Å². The molecule has 0 aliphatic carbocycles. The predicted molar refractivity (Wildman–Crippen MR) is 106 cm³/mol. The Balaban J connectivity index is 0.00000280. The zero-order valence-electron chi connectivity index (χ0n) is 15.5. The van der Waals surface area contributed by atoms with E-state index < -0.39 is 5.91 Å². The van der Waals surface area contributed by atoms with Crippen LogP contribution < -0.4 is 20.5 Å². The van der Waals surface area contributed by atoms with Crippen LogP contribution in [0.1, 0.15) is 22.0 Å². The minimum absolute atomic E-state index is 0. The highest BCUT2D eigenvalue weighted by Crippen LogP contribution is 2.30. The lowest BCUT2D eigenvalue weighted by molar-refractivity contribution is -0.119. The van der Waals surface area contributed by atoms with Crippen molar-refractivity contribution in [2.75, 3.05) is 33.4 Å². The van der Waals surface area contributed by atoms with E-state index in [9.17, 15) is 9.59 Å². The number of aromatic nitrogens is 1. The van der Waals surface area contributed by atoms with Gasteiger partial charge in [-0.2, -0.15) is 0 Å². The third-order valence-electron chi connectivity index (χ3n) is 4.35. The van der Waals surface area contributed by atoms with E-state index in [1.54, 1.807) is 30.6 Å². The van der Waals surface area contributed by atoms with Gasteiger partial charge >= 0.3 is 0 Å². The Labute approximate surface area is 169 Å². The van der Waals surface area contributed by atoms with Gasteiger partial charge in [0.25, 0.3) is 11.8 Å². The molecule has 1 aliphatic rings. The average molecular weight is 407 g/mol. The zero-order chi connectivity index (χ0) is 19.2. The molecular weight excluding hydrogens is 384 g/mol. The summed E-state index contributed by atoms with van der Waals surface area (Å²) in [5.41, 5.74) is 6.56. The highest BCUT2D eigenvalue weighted by molar-refractivity contribution is 5.95. The van der Waals surface area contributed by atoms with Gasteiger partial charge in [-0.3, -0.25) is 14.6 Å². The topological polar surface area (TPSA) is 107 Å². The lowest BCUT2D eigenvalue weighted by Crippen LogP contribution is -2.48. The zero-order valence-corrected chi connectivity index (χ0v) is 16.3. The Kier molecular flexibility index (Phi) is 7.60. The number of hydrogen-bond donors (Lipinski definition) is 2. The molecule has 2 amide bonds. The highest BCUT2D eigenvalue weighted by Gasteiger charge is 2.29. The van der Waals surface area contributed by atoms with Crippen molar-refractivity contribution in [1.82, 2.24) is 15.2 Å². The highest BCUT2D eigenvalue weighted by atomic mass is 35.5. The molecule has 1 aromatic heterocycles. The molecule has 150 valence electrons. The summed E-state index contributed by atoms with van der Waals surface area (Å²) in [5.74, 6) is 0.0366. The summed E-state index contributed by atoms with van der Waals surface area (Å²) >= 11 is 0. The monoisotopic (exact) mass is 406 g/mol. The van der Waals surface area contributed by atoms with Gasteiger partial charge in [-0.05, 0) is 29.8 Å². The van der Waals surface area contributed by atoms with Gasteiger partial charge in [0.2, 0.25) is 0 Å². The second-order valence-electron chi connectivity index (χ2n) is 6.13. The molecular formula is C19H23ClN4O4. The van der Waals surface area contributed by atoms with Gasteiger partial charge in [-0.1, -0.05) is 6.07 Å². The van der Waals surface area contributed by atoms with E-state index in [0.29, 0.717) is 30.2 Å². The van der Waals surface area contributed by atoms with Gasteiger partial charge in [0.05, 0.1) is 13.2 Å². The molecule has 0 spiro atoms. The Bertz CT molecular complexity index is 819. The van der Waals surface area contributed by atoms with Crippen molar-refractivity contribution >= 4 is 24.2 Å². The number of benzene rings is 1. The van der Waals surface area contributed by atoms with E-state index in [1.165, 1.54) is 7.11 Å². The average Bonchev–Trinajstić information content (AvgIpc) is 2.72. The molecule has 1 unspecified atom stereocenters. The van der Waals surface area contributed by atoms with Crippen LogP contribution in [0.25, 0.3) is 0 Å². The largest absolute Gasteiger partial charge is 0.493 e. The van der Waals surface area contributed by atoms with E-state index in [-0.39, 0.29) is 31.0 Å². The van der Waals surface area contributed by atoms with Crippen molar-refractivity contribution in [3.63, 3.8) is 0 Å². The quantitative estimate of drug-likeness (QED) is 0.745. The summed E-state index contributed by atoms with van der Waals surface area (Å²) in [7, 11) is 1.48. The second kappa shape index (κ2) is 9.91. The van der Waals surface area contributed by atoms with Crippen molar-refractivity contribution in [3.8, 4) is 11.5 Å². The first-order valence-corrected chi connectivity index (χ1v) is 8.61. The number of carbonyl (C=O) groups is 2. The molecule has 2 aromatic rings. The fraction of sp³-hybridized carbons (Fsp3) is 0.316. The predicted octanol–water partition coefficient (Wildman–Crippen LogP) is 1.16. The molecule has 28 heavy (non-hydrogen) atoms. The fourth-order valence-corrected chi connectivity index (χ4v) is 3.05. The Hall–Kier alpha value is -2.84. The number of nitrogens with zero attached hydrogens (tertiary/aromatic N) is 2. The lowest BCUT2D eigenvalue weighted by Gasteiger charge is -2.36. The van der Waals surface area contributed by atoms with Gasteiger partial charge in [0, 0.05) is 37.6 Å². The number of piperazine rings is 1. The molecule has 3 N–H and O–H groups in total. The minimum atomic E-state index is -0.586. The van der Waals surface area contributed by atoms with Crippen molar-refractivity contribution in [2.45, 2.75) is 6.04 Å². The normalized spacial score (nSPS) is 16.0. The molecule has 3 rings (SSSR count). The standard InChI is InChI=1S/C19H22N4O4.ClH/c1-26-17-9-13(4-5-16(17)27-12-18(20)24)19(25)23-8-7-22-11-15(23)14-3-2-6-21-10-14;/h2-6,9-10,15,22H,7-8,11-12H2,1H3,(H2,20,24);1H. The molecule has 1 saturated heterocycles. The van der Waals surface area contributed by atoms with Gasteiger partial charge in [0.15, 0.2) is 18.1 Å². The van der Waals surface area contributed by atoms with Crippen LogP contribution in [0.3, 0.4) is 0 Å². The van der Waals surface area contributed by atoms with Crippen molar-refractivity contribution in [2.24, 2.45) is 5.73 Å². The number of pyridine rings is 1. The maximum Gasteiger partial charge on any atom is 0.255 e. The summed E-state index contributed by atoms with van der Waals surface area (Å²) in [5, 5.41) is 3.32. The van der Waals surface area contributed by atoms with Crippen molar-refractivity contribution in [3.05, 3.63) is 53.9 Å². The first-order valence-electron chi connectivity index (χ1n) is 8.61. The Morgan fingerprint density at radius 2 is 2.14 bits per heavy atom. The molecule has 1 aliphatic heterocycles. The van der Waals surface area contributed by atoms with Crippen LogP contribution in [-0.4, -0.2) is 55.0 Å². The molecule has 1 atom stereocenters. The number of rotatable bonds is 6. The molecule has 0 bridgehead atoms. The molecule has 2 heterocycles. The molecule has 1 fully saturated rings.